The van der Waals surface area contributed by atoms with Crippen molar-refractivity contribution in [3.8, 4) is 11.1 Å². The molecular weight excluding hydrogens is 352 g/mol. The zero-order valence-electron chi connectivity index (χ0n) is 13.6. The molecule has 0 spiro atoms. The van der Waals surface area contributed by atoms with Gasteiger partial charge in [-0.2, -0.15) is 0 Å². The summed E-state index contributed by atoms with van der Waals surface area (Å²) < 4.78 is 2.35. The Morgan fingerprint density at radius 2 is 1.88 bits per heavy atom. The highest BCUT2D eigenvalue weighted by molar-refractivity contribution is 7.17. The lowest BCUT2D eigenvalue weighted by Crippen LogP contribution is -2.20. The smallest absolute Gasteiger partial charge is 0.271 e. The molecule has 0 saturated heterocycles. The maximum absolute atomic E-state index is 12.9. The van der Waals surface area contributed by atoms with Gasteiger partial charge in [0.2, 0.25) is 0 Å². The van der Waals surface area contributed by atoms with Crippen LogP contribution in [-0.4, -0.2) is 9.55 Å². The van der Waals surface area contributed by atoms with Gasteiger partial charge in [0, 0.05) is 16.0 Å². The van der Waals surface area contributed by atoms with Gasteiger partial charge in [-0.3, -0.25) is 9.36 Å². The minimum Gasteiger partial charge on any atom is -0.294 e. The fraction of sp³-hybridized carbons (Fsp3) is 0.100. The van der Waals surface area contributed by atoms with E-state index in [1.54, 1.807) is 10.9 Å². The van der Waals surface area contributed by atoms with Gasteiger partial charge in [0.1, 0.15) is 4.70 Å². The van der Waals surface area contributed by atoms with Gasteiger partial charge in [-0.15, -0.1) is 11.3 Å². The number of benzene rings is 2. The van der Waals surface area contributed by atoms with Gasteiger partial charge >= 0.3 is 0 Å². The summed E-state index contributed by atoms with van der Waals surface area (Å²) in [5.74, 6) is 0. The first-order valence-corrected chi connectivity index (χ1v) is 9.16. The largest absolute Gasteiger partial charge is 0.294 e. The van der Waals surface area contributed by atoms with Gasteiger partial charge in [0.25, 0.3) is 5.56 Å². The number of thiophene rings is 1. The van der Waals surface area contributed by atoms with Crippen LogP contribution in [0.3, 0.4) is 0 Å². The van der Waals surface area contributed by atoms with E-state index in [0.29, 0.717) is 16.3 Å². The van der Waals surface area contributed by atoms with E-state index in [0.717, 1.165) is 22.2 Å². The average molecular weight is 367 g/mol. The van der Waals surface area contributed by atoms with E-state index in [1.165, 1.54) is 16.9 Å². The summed E-state index contributed by atoms with van der Waals surface area (Å²) in [6.45, 7) is 2.58. The first-order chi connectivity index (χ1) is 12.1. The minimum absolute atomic E-state index is 0.00142. The van der Waals surface area contributed by atoms with Crippen LogP contribution >= 0.6 is 22.9 Å². The van der Waals surface area contributed by atoms with Crippen molar-refractivity contribution in [3.63, 3.8) is 0 Å². The van der Waals surface area contributed by atoms with E-state index in [2.05, 4.69) is 18.0 Å². The van der Waals surface area contributed by atoms with Crippen molar-refractivity contribution < 1.29 is 0 Å². The van der Waals surface area contributed by atoms with Crippen LogP contribution in [-0.2, 0) is 6.54 Å². The number of fused-ring (bicyclic) bond motifs is 1. The van der Waals surface area contributed by atoms with Gasteiger partial charge in [0.15, 0.2) is 0 Å². The lowest BCUT2D eigenvalue weighted by atomic mass is 10.1. The Labute approximate surface area is 154 Å². The summed E-state index contributed by atoms with van der Waals surface area (Å²) in [7, 11) is 0. The number of rotatable bonds is 3. The fourth-order valence-corrected chi connectivity index (χ4v) is 3.96. The zero-order chi connectivity index (χ0) is 17.4. The Morgan fingerprint density at radius 3 is 2.64 bits per heavy atom. The van der Waals surface area contributed by atoms with Crippen LogP contribution in [0.5, 0.6) is 0 Å². The molecule has 0 fully saturated rings. The Kier molecular flexibility index (Phi) is 4.15. The van der Waals surface area contributed by atoms with Crippen molar-refractivity contribution in [2.45, 2.75) is 13.5 Å². The van der Waals surface area contributed by atoms with Gasteiger partial charge < -0.3 is 0 Å². The van der Waals surface area contributed by atoms with Crippen LogP contribution in [0.2, 0.25) is 5.02 Å². The summed E-state index contributed by atoms with van der Waals surface area (Å²) in [5.41, 5.74) is 5.02. The summed E-state index contributed by atoms with van der Waals surface area (Å²) in [6.07, 6.45) is 1.64. The third-order valence-electron chi connectivity index (χ3n) is 4.30. The highest BCUT2D eigenvalue weighted by Gasteiger charge is 2.13. The highest BCUT2D eigenvalue weighted by Crippen LogP contribution is 2.31. The molecule has 0 bridgehead atoms. The maximum atomic E-state index is 12.9. The lowest BCUT2D eigenvalue weighted by Gasteiger charge is -2.08. The van der Waals surface area contributed by atoms with Crippen LogP contribution in [0.25, 0.3) is 21.3 Å². The first kappa shape index (κ1) is 16.1. The third kappa shape index (κ3) is 2.99. The van der Waals surface area contributed by atoms with Crippen molar-refractivity contribution in [1.29, 1.82) is 0 Å². The maximum Gasteiger partial charge on any atom is 0.271 e. The lowest BCUT2D eigenvalue weighted by molar-refractivity contribution is 0.746. The molecule has 0 N–H and O–H groups in total. The second-order valence-electron chi connectivity index (χ2n) is 5.94. The highest BCUT2D eigenvalue weighted by atomic mass is 35.5. The number of halogens is 1. The zero-order valence-corrected chi connectivity index (χ0v) is 15.1. The number of aryl methyl sites for hydroxylation is 1. The number of hydrogen-bond donors (Lipinski definition) is 0. The van der Waals surface area contributed by atoms with Crippen LogP contribution in [0.15, 0.2) is 65.0 Å². The van der Waals surface area contributed by atoms with E-state index in [1.807, 2.05) is 47.8 Å². The van der Waals surface area contributed by atoms with E-state index in [4.69, 9.17) is 11.6 Å². The summed E-state index contributed by atoms with van der Waals surface area (Å²) in [4.78, 5) is 17.4. The molecule has 0 aliphatic carbocycles. The summed E-state index contributed by atoms with van der Waals surface area (Å²) >= 11 is 7.40. The molecule has 4 rings (SSSR count). The molecule has 0 radical (unpaired) electrons. The summed E-state index contributed by atoms with van der Waals surface area (Å²) in [6, 6.07) is 15.7. The van der Waals surface area contributed by atoms with Gasteiger partial charge in [0.05, 0.1) is 18.4 Å². The Hall–Kier alpha value is -2.43. The Bertz CT molecular complexity index is 1110. The van der Waals surface area contributed by atoms with Crippen LogP contribution in [0.4, 0.5) is 0 Å². The predicted molar refractivity (Wildman–Crippen MR) is 105 cm³/mol. The molecule has 4 aromatic rings. The van der Waals surface area contributed by atoms with Crippen LogP contribution in [0.1, 0.15) is 11.1 Å². The third-order valence-corrected chi connectivity index (χ3v) is 5.51. The molecule has 25 heavy (non-hydrogen) atoms. The van der Waals surface area contributed by atoms with E-state index in [-0.39, 0.29) is 5.56 Å². The molecule has 0 unspecified atom stereocenters. The quantitative estimate of drug-likeness (QED) is 0.503. The fourth-order valence-electron chi connectivity index (χ4n) is 2.86. The molecule has 0 saturated carbocycles. The van der Waals surface area contributed by atoms with E-state index >= 15 is 0 Å². The SMILES string of the molecule is Cc1ccccc1Cn1cnc2c(-c3ccc(Cl)cc3)csc2c1=O. The van der Waals surface area contributed by atoms with Gasteiger partial charge in [-0.25, -0.2) is 4.98 Å². The van der Waals surface area contributed by atoms with Crippen molar-refractivity contribution in [2.24, 2.45) is 0 Å². The van der Waals surface area contributed by atoms with Gasteiger partial charge in [-0.05, 0) is 35.7 Å². The van der Waals surface area contributed by atoms with Crippen LogP contribution in [0, 0.1) is 6.92 Å². The van der Waals surface area contributed by atoms with Crippen molar-refractivity contribution >= 4 is 33.2 Å². The molecule has 0 aliphatic heterocycles. The Morgan fingerprint density at radius 1 is 1.12 bits per heavy atom. The van der Waals surface area contributed by atoms with Crippen molar-refractivity contribution in [3.05, 3.63) is 86.7 Å². The van der Waals surface area contributed by atoms with E-state index < -0.39 is 0 Å². The molecule has 2 aromatic heterocycles. The normalized spacial score (nSPS) is 11.1. The van der Waals surface area contributed by atoms with Crippen LogP contribution < -0.4 is 5.56 Å². The molecule has 0 amide bonds. The monoisotopic (exact) mass is 366 g/mol. The molecule has 5 heteroatoms. The Balaban J connectivity index is 1.78. The minimum atomic E-state index is -0.00142. The number of nitrogens with zero attached hydrogens (tertiary/aromatic N) is 2. The van der Waals surface area contributed by atoms with E-state index in [9.17, 15) is 4.79 Å². The van der Waals surface area contributed by atoms with Crippen molar-refractivity contribution in [1.82, 2.24) is 9.55 Å². The average Bonchev–Trinajstić information content (AvgIpc) is 3.05. The first-order valence-electron chi connectivity index (χ1n) is 7.90. The molecule has 124 valence electrons. The topological polar surface area (TPSA) is 34.9 Å². The molecule has 0 aliphatic rings. The number of hydrogen-bond acceptors (Lipinski definition) is 3. The second-order valence-corrected chi connectivity index (χ2v) is 7.25. The second kappa shape index (κ2) is 6.47. The molecule has 2 heterocycles. The molecular formula is C20H15ClN2OS. The molecule has 0 atom stereocenters. The standard InChI is InChI=1S/C20H15ClN2OS/c1-13-4-2-3-5-15(13)10-23-12-22-18-17(11-25-19(18)20(23)24)14-6-8-16(21)9-7-14/h2-9,11-12H,10H2,1H3. The molecule has 3 nitrogen and oxygen atoms in total. The van der Waals surface area contributed by atoms with Crippen molar-refractivity contribution in [2.75, 3.05) is 0 Å². The predicted octanol–water partition coefficient (Wildman–Crippen LogP) is 5.14. The van der Waals surface area contributed by atoms with Gasteiger partial charge in [-0.1, -0.05) is 48.0 Å². The number of aromatic nitrogens is 2. The molecule has 2 aromatic carbocycles. The summed E-state index contributed by atoms with van der Waals surface area (Å²) in [5, 5.41) is 2.68.